The maximum atomic E-state index is 12.9. The lowest BCUT2D eigenvalue weighted by Crippen LogP contribution is -2.49. The number of hydrogen-bond donors (Lipinski definition) is 2. The maximum absolute atomic E-state index is 12.9. The molecular formula is C21H22N4O3. The molecule has 144 valence electrons. The third kappa shape index (κ3) is 3.70. The summed E-state index contributed by atoms with van der Waals surface area (Å²) >= 11 is 0. The third-order valence-corrected chi connectivity index (χ3v) is 4.96. The normalized spacial score (nSPS) is 20.8. The molecule has 0 spiro atoms. The first-order chi connectivity index (χ1) is 13.6. The molecule has 2 amide bonds. The molecule has 2 unspecified atom stereocenters. The summed E-state index contributed by atoms with van der Waals surface area (Å²) in [5.74, 6) is 0.384. The predicted octanol–water partition coefficient (Wildman–Crippen LogP) is 2.27. The van der Waals surface area contributed by atoms with Crippen LogP contribution in [0.25, 0.3) is 0 Å². The van der Waals surface area contributed by atoms with Gasteiger partial charge in [-0.1, -0.05) is 30.3 Å². The number of ether oxygens (including phenoxy) is 1. The van der Waals surface area contributed by atoms with Gasteiger partial charge in [-0.25, -0.2) is 5.43 Å². The zero-order chi connectivity index (χ0) is 19.5. The van der Waals surface area contributed by atoms with Crippen molar-refractivity contribution in [3.8, 4) is 5.75 Å². The summed E-state index contributed by atoms with van der Waals surface area (Å²) in [6.07, 6.45) is 4.12. The molecule has 2 N–H and O–H groups in total. The fraction of sp³-hybridized carbons (Fsp3) is 0.238. The largest absolute Gasteiger partial charge is 0.497 e. The second kappa shape index (κ2) is 7.74. The van der Waals surface area contributed by atoms with Crippen LogP contribution in [0.4, 0.5) is 5.69 Å². The number of nitrogens with zero attached hydrogens (tertiary/aromatic N) is 2. The van der Waals surface area contributed by atoms with Gasteiger partial charge in [0.2, 0.25) is 5.91 Å². The van der Waals surface area contributed by atoms with Crippen LogP contribution in [0.3, 0.4) is 0 Å². The molecule has 2 aromatic rings. The monoisotopic (exact) mass is 378 g/mol. The first kappa shape index (κ1) is 18.1. The molecule has 7 nitrogen and oxygen atoms in total. The Morgan fingerprint density at radius 1 is 1.14 bits per heavy atom. The number of methoxy groups -OCH3 is 1. The second-order valence-electron chi connectivity index (χ2n) is 6.79. The lowest BCUT2D eigenvalue weighted by Gasteiger charge is -2.31. The van der Waals surface area contributed by atoms with Crippen LogP contribution in [0.1, 0.15) is 18.0 Å². The Kier molecular flexibility index (Phi) is 4.99. The molecule has 2 atom stereocenters. The minimum absolute atomic E-state index is 0.0261. The van der Waals surface area contributed by atoms with Crippen molar-refractivity contribution < 1.29 is 14.3 Å². The molecular weight excluding hydrogens is 356 g/mol. The molecule has 7 heteroatoms. The van der Waals surface area contributed by atoms with Crippen molar-refractivity contribution in [3.05, 3.63) is 72.6 Å². The number of anilines is 1. The van der Waals surface area contributed by atoms with Crippen molar-refractivity contribution in [1.82, 2.24) is 15.3 Å². The molecule has 1 saturated heterocycles. The van der Waals surface area contributed by atoms with Gasteiger partial charge in [0.15, 0.2) is 0 Å². The van der Waals surface area contributed by atoms with Gasteiger partial charge in [0.25, 0.3) is 5.91 Å². The SMILES string of the molecule is COc1ccc(NC(=O)CN2C=CN3NC(c4ccccc4)CC3C2=O)cc1. The number of benzene rings is 2. The number of amides is 2. The molecule has 0 radical (unpaired) electrons. The summed E-state index contributed by atoms with van der Waals surface area (Å²) < 4.78 is 5.11. The Bertz CT molecular complexity index is 882. The number of nitrogens with one attached hydrogen (secondary N) is 2. The second-order valence-corrected chi connectivity index (χ2v) is 6.79. The van der Waals surface area contributed by atoms with E-state index in [1.54, 1.807) is 37.6 Å². The first-order valence-corrected chi connectivity index (χ1v) is 9.16. The minimum Gasteiger partial charge on any atom is -0.497 e. The molecule has 0 aromatic heterocycles. The van der Waals surface area contributed by atoms with E-state index in [1.807, 2.05) is 41.5 Å². The van der Waals surface area contributed by atoms with Crippen LogP contribution in [-0.2, 0) is 9.59 Å². The van der Waals surface area contributed by atoms with E-state index in [0.29, 0.717) is 17.9 Å². The first-order valence-electron chi connectivity index (χ1n) is 9.16. The fourth-order valence-corrected chi connectivity index (χ4v) is 3.50. The van der Waals surface area contributed by atoms with Gasteiger partial charge in [-0.3, -0.25) is 9.59 Å². The Morgan fingerprint density at radius 2 is 1.89 bits per heavy atom. The number of rotatable bonds is 5. The lowest BCUT2D eigenvalue weighted by molar-refractivity contribution is -0.137. The van der Waals surface area contributed by atoms with E-state index < -0.39 is 0 Å². The topological polar surface area (TPSA) is 73.9 Å². The third-order valence-electron chi connectivity index (χ3n) is 4.96. The highest BCUT2D eigenvalue weighted by Gasteiger charge is 2.40. The van der Waals surface area contributed by atoms with Crippen LogP contribution in [0.5, 0.6) is 5.75 Å². The van der Waals surface area contributed by atoms with Crippen molar-refractivity contribution in [1.29, 1.82) is 0 Å². The highest BCUT2D eigenvalue weighted by molar-refractivity contribution is 5.96. The summed E-state index contributed by atoms with van der Waals surface area (Å²) in [5.41, 5.74) is 5.15. The summed E-state index contributed by atoms with van der Waals surface area (Å²) in [4.78, 5) is 26.7. The van der Waals surface area contributed by atoms with E-state index in [4.69, 9.17) is 4.74 Å². The van der Waals surface area contributed by atoms with E-state index in [0.717, 1.165) is 5.56 Å². The molecule has 2 heterocycles. The van der Waals surface area contributed by atoms with Gasteiger partial charge in [0, 0.05) is 18.1 Å². The van der Waals surface area contributed by atoms with E-state index in [9.17, 15) is 9.59 Å². The van der Waals surface area contributed by atoms with E-state index in [-0.39, 0.29) is 30.4 Å². The molecule has 0 saturated carbocycles. The Balaban J connectivity index is 1.37. The number of fused-ring (bicyclic) bond motifs is 1. The average Bonchev–Trinajstić information content (AvgIpc) is 3.17. The molecule has 4 rings (SSSR count). The van der Waals surface area contributed by atoms with Crippen LogP contribution >= 0.6 is 0 Å². The molecule has 0 aliphatic carbocycles. The Labute approximate surface area is 163 Å². The molecule has 2 aromatic carbocycles. The van der Waals surface area contributed by atoms with Crippen LogP contribution < -0.4 is 15.5 Å². The quantitative estimate of drug-likeness (QED) is 0.835. The fourth-order valence-electron chi connectivity index (χ4n) is 3.50. The summed E-state index contributed by atoms with van der Waals surface area (Å²) in [6, 6.07) is 16.9. The van der Waals surface area contributed by atoms with Gasteiger partial charge in [0.05, 0.1) is 13.2 Å². The number of carbonyl (C=O) groups excluding carboxylic acids is 2. The molecule has 1 fully saturated rings. The van der Waals surface area contributed by atoms with Gasteiger partial charge in [-0.2, -0.15) is 0 Å². The summed E-state index contributed by atoms with van der Waals surface area (Å²) in [5, 5.41) is 4.64. The van der Waals surface area contributed by atoms with Crippen LogP contribution in [-0.4, -0.2) is 41.4 Å². The van der Waals surface area contributed by atoms with Crippen molar-refractivity contribution in [2.75, 3.05) is 19.0 Å². The molecule has 28 heavy (non-hydrogen) atoms. The Hall–Kier alpha value is -3.32. The standard InChI is InChI=1S/C21H22N4O3/c1-28-17-9-7-16(8-10-17)22-20(26)14-24-11-12-25-19(21(24)27)13-18(23-25)15-5-3-2-4-6-15/h2-12,18-19,23H,13-14H2,1H3,(H,22,26). The predicted molar refractivity (Wildman–Crippen MR) is 105 cm³/mol. The van der Waals surface area contributed by atoms with Gasteiger partial charge in [-0.15, -0.1) is 0 Å². The number of hydrogen-bond acceptors (Lipinski definition) is 5. The van der Waals surface area contributed by atoms with Crippen molar-refractivity contribution in [3.63, 3.8) is 0 Å². The number of hydrazine groups is 1. The van der Waals surface area contributed by atoms with Gasteiger partial charge < -0.3 is 20.0 Å². The van der Waals surface area contributed by atoms with E-state index in [1.165, 1.54) is 4.90 Å². The smallest absolute Gasteiger partial charge is 0.251 e. The van der Waals surface area contributed by atoms with E-state index in [2.05, 4.69) is 10.7 Å². The van der Waals surface area contributed by atoms with Gasteiger partial charge >= 0.3 is 0 Å². The van der Waals surface area contributed by atoms with Crippen molar-refractivity contribution >= 4 is 17.5 Å². The highest BCUT2D eigenvalue weighted by atomic mass is 16.5. The maximum Gasteiger partial charge on any atom is 0.251 e. The summed E-state index contributed by atoms with van der Waals surface area (Å²) in [7, 11) is 1.59. The van der Waals surface area contributed by atoms with E-state index >= 15 is 0 Å². The zero-order valence-electron chi connectivity index (χ0n) is 15.5. The highest BCUT2D eigenvalue weighted by Crippen LogP contribution is 2.30. The minimum atomic E-state index is -0.316. The summed E-state index contributed by atoms with van der Waals surface area (Å²) in [6.45, 7) is -0.0261. The average molecular weight is 378 g/mol. The van der Waals surface area contributed by atoms with Gasteiger partial charge in [0.1, 0.15) is 18.3 Å². The number of carbonyl (C=O) groups is 2. The van der Waals surface area contributed by atoms with Gasteiger partial charge in [-0.05, 0) is 36.2 Å². The van der Waals surface area contributed by atoms with Crippen LogP contribution in [0.2, 0.25) is 0 Å². The Morgan fingerprint density at radius 3 is 2.61 bits per heavy atom. The molecule has 0 bridgehead atoms. The van der Waals surface area contributed by atoms with Crippen LogP contribution in [0.15, 0.2) is 67.0 Å². The lowest BCUT2D eigenvalue weighted by atomic mass is 10.0. The van der Waals surface area contributed by atoms with Crippen molar-refractivity contribution in [2.45, 2.75) is 18.5 Å². The zero-order valence-corrected chi connectivity index (χ0v) is 15.5. The molecule has 2 aliphatic rings. The molecule has 2 aliphatic heterocycles. The van der Waals surface area contributed by atoms with Crippen LogP contribution in [0, 0.1) is 0 Å². The van der Waals surface area contributed by atoms with Crippen molar-refractivity contribution in [2.24, 2.45) is 0 Å².